The van der Waals surface area contributed by atoms with Gasteiger partial charge in [-0.15, -0.1) is 0 Å². The number of amides is 1. The largest absolute Gasteiger partial charge is 0.442 e. The first-order valence-electron chi connectivity index (χ1n) is 5.91. The molecule has 2 rings (SSSR count). The smallest absolute Gasteiger partial charge is 0.429 e. The summed E-state index contributed by atoms with van der Waals surface area (Å²) >= 11 is 3.44. The van der Waals surface area contributed by atoms with E-state index in [2.05, 4.69) is 27.4 Å². The Hall–Kier alpha value is -1.23. The van der Waals surface area contributed by atoms with Crippen molar-refractivity contribution in [3.63, 3.8) is 0 Å². The van der Waals surface area contributed by atoms with Crippen molar-refractivity contribution < 1.29 is 9.53 Å². The van der Waals surface area contributed by atoms with Gasteiger partial charge < -0.3 is 4.74 Å². The molecule has 0 fully saturated rings. The first kappa shape index (κ1) is 13.2. The number of carbonyl (C=O) groups is 1. The monoisotopic (exact) mass is 312 g/mol. The van der Waals surface area contributed by atoms with Gasteiger partial charge in [0.05, 0.1) is 5.69 Å². The number of benzene rings is 1. The Labute approximate surface area is 115 Å². The van der Waals surface area contributed by atoms with Crippen LogP contribution in [0, 0.1) is 0 Å². The second kappa shape index (κ2) is 4.80. The highest BCUT2D eigenvalue weighted by atomic mass is 79.9. The van der Waals surface area contributed by atoms with Crippen LogP contribution in [0.3, 0.4) is 0 Å². The summed E-state index contributed by atoms with van der Waals surface area (Å²) in [5.74, 6) is 0. The van der Waals surface area contributed by atoms with E-state index in [-0.39, 0.29) is 6.09 Å². The van der Waals surface area contributed by atoms with Crippen molar-refractivity contribution in [1.82, 2.24) is 5.01 Å². The molecule has 1 heterocycles. The number of nitrogens with one attached hydrogen (secondary N) is 1. The molecule has 0 unspecified atom stereocenters. The fourth-order valence-electron chi connectivity index (χ4n) is 1.77. The molecule has 1 aliphatic rings. The van der Waals surface area contributed by atoms with E-state index in [1.165, 1.54) is 10.6 Å². The van der Waals surface area contributed by atoms with Gasteiger partial charge in [0.15, 0.2) is 0 Å². The average Bonchev–Trinajstić information content (AvgIpc) is 2.26. The Bertz CT molecular complexity index is 469. The molecule has 1 amide bonds. The summed E-state index contributed by atoms with van der Waals surface area (Å²) in [6.45, 7) is 6.19. The maximum absolute atomic E-state index is 11.9. The van der Waals surface area contributed by atoms with E-state index in [0.717, 1.165) is 16.6 Å². The number of hydrogen-bond donors (Lipinski definition) is 1. The van der Waals surface area contributed by atoms with Crippen LogP contribution in [-0.4, -0.2) is 23.2 Å². The summed E-state index contributed by atoms with van der Waals surface area (Å²) in [5.41, 5.74) is 4.76. The Balaban J connectivity index is 2.08. The fourth-order valence-corrected chi connectivity index (χ4v) is 2.17. The van der Waals surface area contributed by atoms with Gasteiger partial charge in [-0.1, -0.05) is 15.9 Å². The molecule has 0 atom stereocenters. The van der Waals surface area contributed by atoms with Crippen molar-refractivity contribution in [3.8, 4) is 0 Å². The van der Waals surface area contributed by atoms with Gasteiger partial charge in [0.1, 0.15) is 5.60 Å². The van der Waals surface area contributed by atoms with E-state index in [0.29, 0.717) is 6.54 Å². The van der Waals surface area contributed by atoms with Crippen LogP contribution in [0.5, 0.6) is 0 Å². The van der Waals surface area contributed by atoms with E-state index >= 15 is 0 Å². The van der Waals surface area contributed by atoms with Crippen molar-refractivity contribution in [1.29, 1.82) is 0 Å². The van der Waals surface area contributed by atoms with Crippen LogP contribution in [0.2, 0.25) is 0 Å². The average molecular weight is 313 g/mol. The van der Waals surface area contributed by atoms with Gasteiger partial charge >= 0.3 is 6.09 Å². The Morgan fingerprint density at radius 2 is 2.17 bits per heavy atom. The number of hydrazine groups is 1. The van der Waals surface area contributed by atoms with Gasteiger partial charge in [0.25, 0.3) is 0 Å². The van der Waals surface area contributed by atoms with E-state index in [4.69, 9.17) is 4.74 Å². The van der Waals surface area contributed by atoms with E-state index in [9.17, 15) is 4.79 Å². The highest BCUT2D eigenvalue weighted by Gasteiger charge is 2.25. The fraction of sp³-hybridized carbons (Fsp3) is 0.462. The zero-order chi connectivity index (χ0) is 13.3. The maximum atomic E-state index is 11.9. The van der Waals surface area contributed by atoms with Crippen molar-refractivity contribution in [3.05, 3.63) is 28.2 Å². The molecule has 1 N–H and O–H groups in total. The minimum atomic E-state index is -0.473. The predicted molar refractivity (Wildman–Crippen MR) is 74.4 cm³/mol. The van der Waals surface area contributed by atoms with Gasteiger partial charge in [-0.05, 0) is 51.0 Å². The Kier molecular flexibility index (Phi) is 3.52. The summed E-state index contributed by atoms with van der Waals surface area (Å²) in [4.78, 5) is 11.9. The number of ether oxygens (including phenoxy) is 1. The summed E-state index contributed by atoms with van der Waals surface area (Å²) in [6.07, 6.45) is 0.483. The second-order valence-corrected chi connectivity index (χ2v) is 6.21. The van der Waals surface area contributed by atoms with Crippen molar-refractivity contribution in [2.75, 3.05) is 12.0 Å². The molecule has 0 aromatic heterocycles. The normalized spacial score (nSPS) is 14.8. The molecule has 1 aromatic carbocycles. The minimum Gasteiger partial charge on any atom is -0.442 e. The summed E-state index contributed by atoms with van der Waals surface area (Å²) in [5, 5.41) is 1.52. The standard InChI is InChI=1S/C13H17BrN2O2/c1-13(2,3)18-12(17)16-7-6-9-8-10(14)4-5-11(9)15-16/h4-5,8,15H,6-7H2,1-3H3. The molecule has 0 saturated heterocycles. The predicted octanol–water partition coefficient (Wildman–Crippen LogP) is 3.57. The number of halogens is 1. The topological polar surface area (TPSA) is 41.6 Å². The quantitative estimate of drug-likeness (QED) is 0.796. The SMILES string of the molecule is CC(C)(C)OC(=O)N1CCc2cc(Br)ccc2N1. The van der Waals surface area contributed by atoms with E-state index in [1.54, 1.807) is 0 Å². The van der Waals surface area contributed by atoms with Crippen LogP contribution in [0.25, 0.3) is 0 Å². The number of carbonyl (C=O) groups excluding carboxylic acids is 1. The zero-order valence-electron chi connectivity index (χ0n) is 10.8. The van der Waals surface area contributed by atoms with Gasteiger partial charge in [-0.25, -0.2) is 9.80 Å². The summed E-state index contributed by atoms with van der Waals surface area (Å²) < 4.78 is 6.38. The van der Waals surface area contributed by atoms with Crippen molar-refractivity contribution in [2.24, 2.45) is 0 Å². The summed E-state index contributed by atoms with van der Waals surface area (Å²) in [6, 6.07) is 5.97. The molecule has 0 aliphatic carbocycles. The second-order valence-electron chi connectivity index (χ2n) is 5.30. The zero-order valence-corrected chi connectivity index (χ0v) is 12.4. The highest BCUT2D eigenvalue weighted by molar-refractivity contribution is 9.10. The van der Waals surface area contributed by atoms with Crippen LogP contribution in [0.1, 0.15) is 26.3 Å². The van der Waals surface area contributed by atoms with Gasteiger partial charge in [0, 0.05) is 11.0 Å². The van der Waals surface area contributed by atoms with Crippen LogP contribution in [0.15, 0.2) is 22.7 Å². The third kappa shape index (κ3) is 3.16. The van der Waals surface area contributed by atoms with Crippen molar-refractivity contribution in [2.45, 2.75) is 32.8 Å². The molecular weight excluding hydrogens is 296 g/mol. The van der Waals surface area contributed by atoms with Gasteiger partial charge in [-0.2, -0.15) is 0 Å². The van der Waals surface area contributed by atoms with Crippen LogP contribution >= 0.6 is 15.9 Å². The molecule has 1 aliphatic heterocycles. The minimum absolute atomic E-state index is 0.337. The van der Waals surface area contributed by atoms with Crippen molar-refractivity contribution >= 4 is 27.7 Å². The van der Waals surface area contributed by atoms with E-state index < -0.39 is 5.60 Å². The van der Waals surface area contributed by atoms with Crippen LogP contribution in [-0.2, 0) is 11.2 Å². The molecular formula is C13H17BrN2O2. The molecule has 5 heteroatoms. The first-order valence-corrected chi connectivity index (χ1v) is 6.70. The molecule has 0 bridgehead atoms. The first-order chi connectivity index (χ1) is 8.35. The number of rotatable bonds is 0. The molecule has 1 aromatic rings. The lowest BCUT2D eigenvalue weighted by Gasteiger charge is -2.32. The molecule has 18 heavy (non-hydrogen) atoms. The van der Waals surface area contributed by atoms with Gasteiger partial charge in [0.2, 0.25) is 0 Å². The number of anilines is 1. The maximum Gasteiger partial charge on any atom is 0.429 e. The van der Waals surface area contributed by atoms with E-state index in [1.807, 2.05) is 32.9 Å². The number of hydrogen-bond acceptors (Lipinski definition) is 3. The lowest BCUT2D eigenvalue weighted by Crippen LogP contribution is -2.43. The Morgan fingerprint density at radius 1 is 1.44 bits per heavy atom. The number of nitrogens with zero attached hydrogens (tertiary/aromatic N) is 1. The lowest BCUT2D eigenvalue weighted by atomic mass is 10.1. The lowest BCUT2D eigenvalue weighted by molar-refractivity contribution is 0.0292. The molecule has 0 saturated carbocycles. The third-order valence-electron chi connectivity index (χ3n) is 2.54. The molecule has 4 nitrogen and oxygen atoms in total. The molecule has 98 valence electrons. The highest BCUT2D eigenvalue weighted by Crippen LogP contribution is 2.26. The Morgan fingerprint density at radius 3 is 2.83 bits per heavy atom. The molecule has 0 radical (unpaired) electrons. The third-order valence-corrected chi connectivity index (χ3v) is 3.03. The van der Waals surface area contributed by atoms with Crippen LogP contribution in [0.4, 0.5) is 10.5 Å². The number of fused-ring (bicyclic) bond motifs is 1. The van der Waals surface area contributed by atoms with Crippen LogP contribution < -0.4 is 5.43 Å². The molecule has 0 spiro atoms. The summed E-state index contributed by atoms with van der Waals surface area (Å²) in [7, 11) is 0. The van der Waals surface area contributed by atoms with Gasteiger partial charge in [-0.3, -0.25) is 5.43 Å².